The Kier molecular flexibility index (Phi) is 5.45. The second kappa shape index (κ2) is 8.41. The molecule has 0 unspecified atom stereocenters. The van der Waals surface area contributed by atoms with Gasteiger partial charge in [-0.3, -0.25) is 4.79 Å². The highest BCUT2D eigenvalue weighted by atomic mass is 16.5. The number of nitrogens with zero attached hydrogens (tertiary/aromatic N) is 4. The Morgan fingerprint density at radius 2 is 1.69 bits per heavy atom. The Morgan fingerprint density at radius 1 is 0.969 bits per heavy atom. The molecule has 2 aliphatic rings. The van der Waals surface area contributed by atoms with Crippen LogP contribution in [0.5, 0.6) is 0 Å². The lowest BCUT2D eigenvalue weighted by atomic mass is 9.98. The molecule has 0 spiro atoms. The van der Waals surface area contributed by atoms with Gasteiger partial charge in [0.1, 0.15) is 0 Å². The number of carbonyl (C=O) groups is 1. The zero-order valence-electron chi connectivity index (χ0n) is 19.0. The predicted octanol–water partition coefficient (Wildman–Crippen LogP) is 5.11. The van der Waals surface area contributed by atoms with Gasteiger partial charge in [-0.2, -0.15) is 4.98 Å². The van der Waals surface area contributed by atoms with Crippen LogP contribution in [0.4, 0.5) is 11.4 Å². The van der Waals surface area contributed by atoms with E-state index in [2.05, 4.69) is 72.2 Å². The van der Waals surface area contributed by atoms with Gasteiger partial charge in [0.2, 0.25) is 17.6 Å². The molecule has 0 saturated carbocycles. The van der Waals surface area contributed by atoms with Crippen LogP contribution in [0.25, 0.3) is 11.4 Å². The van der Waals surface area contributed by atoms with Gasteiger partial charge in [-0.05, 0) is 80.1 Å². The molecule has 1 aromatic heterocycles. The molecular weight excluding hydrogens is 400 g/mol. The van der Waals surface area contributed by atoms with Gasteiger partial charge in [-0.1, -0.05) is 18.1 Å². The highest BCUT2D eigenvalue weighted by Crippen LogP contribution is 2.33. The van der Waals surface area contributed by atoms with E-state index in [1.54, 1.807) is 0 Å². The minimum Gasteiger partial charge on any atom is -0.372 e. The number of rotatable bonds is 4. The van der Waals surface area contributed by atoms with Crippen LogP contribution in [0.3, 0.4) is 0 Å². The van der Waals surface area contributed by atoms with Crippen LogP contribution in [0.15, 0.2) is 47.0 Å². The topological polar surface area (TPSA) is 62.5 Å². The zero-order chi connectivity index (χ0) is 22.2. The quantitative estimate of drug-likeness (QED) is 0.576. The van der Waals surface area contributed by atoms with Gasteiger partial charge < -0.3 is 14.3 Å². The Labute approximate surface area is 189 Å². The highest BCUT2D eigenvalue weighted by Gasteiger charge is 2.35. The summed E-state index contributed by atoms with van der Waals surface area (Å²) in [5.74, 6) is 1.94. The summed E-state index contributed by atoms with van der Waals surface area (Å²) in [6.07, 6.45) is 2.88. The summed E-state index contributed by atoms with van der Waals surface area (Å²) in [6, 6.07) is 14.5. The number of aryl methyl sites for hydroxylation is 2. The molecule has 2 fully saturated rings. The second-order valence-electron chi connectivity index (χ2n) is 9.35. The number of carbonyl (C=O) groups excluding carboxylic acids is 1. The Bertz CT molecular complexity index is 1110. The third kappa shape index (κ3) is 4.01. The minimum atomic E-state index is -0.0834. The number of hydrogen-bond acceptors (Lipinski definition) is 5. The Hall–Kier alpha value is -3.15. The fraction of sp³-hybridized carbons (Fsp3) is 0.423. The summed E-state index contributed by atoms with van der Waals surface area (Å²) in [7, 11) is 0. The zero-order valence-corrected chi connectivity index (χ0v) is 19.0. The van der Waals surface area contributed by atoms with Gasteiger partial charge in [0.15, 0.2) is 0 Å². The molecule has 2 aromatic carbocycles. The highest BCUT2D eigenvalue weighted by molar-refractivity contribution is 5.96. The molecule has 6 heteroatoms. The van der Waals surface area contributed by atoms with Crippen molar-refractivity contribution in [3.8, 4) is 11.4 Å². The van der Waals surface area contributed by atoms with Gasteiger partial charge in [-0.25, -0.2) is 0 Å². The maximum absolute atomic E-state index is 12.7. The Morgan fingerprint density at radius 3 is 2.41 bits per heavy atom. The Balaban J connectivity index is 1.28. The van der Waals surface area contributed by atoms with Crippen LogP contribution in [-0.4, -0.2) is 35.7 Å². The van der Waals surface area contributed by atoms with Crippen molar-refractivity contribution in [2.45, 2.75) is 46.0 Å². The van der Waals surface area contributed by atoms with Gasteiger partial charge in [0, 0.05) is 43.0 Å². The third-order valence-electron chi connectivity index (χ3n) is 6.99. The molecule has 2 saturated heterocycles. The summed E-state index contributed by atoms with van der Waals surface area (Å²) >= 11 is 0. The minimum absolute atomic E-state index is 0.0834. The van der Waals surface area contributed by atoms with Crippen molar-refractivity contribution in [3.63, 3.8) is 0 Å². The van der Waals surface area contributed by atoms with Crippen molar-refractivity contribution >= 4 is 17.3 Å². The first-order valence-electron chi connectivity index (χ1n) is 11.5. The van der Waals surface area contributed by atoms with Gasteiger partial charge in [0.25, 0.3) is 0 Å². The largest absolute Gasteiger partial charge is 0.372 e. The van der Waals surface area contributed by atoms with E-state index in [0.717, 1.165) is 30.3 Å². The predicted molar refractivity (Wildman–Crippen MR) is 126 cm³/mol. The van der Waals surface area contributed by atoms with Crippen LogP contribution in [-0.2, 0) is 4.79 Å². The summed E-state index contributed by atoms with van der Waals surface area (Å²) in [5, 5.41) is 4.20. The van der Waals surface area contributed by atoms with Gasteiger partial charge in [0.05, 0.1) is 5.92 Å². The first-order chi connectivity index (χ1) is 15.5. The van der Waals surface area contributed by atoms with Crippen molar-refractivity contribution in [2.24, 2.45) is 5.92 Å². The fourth-order valence-corrected chi connectivity index (χ4v) is 4.62. The molecule has 5 rings (SSSR count). The molecule has 6 nitrogen and oxygen atoms in total. The molecular formula is C26H30N4O2. The van der Waals surface area contributed by atoms with E-state index in [1.807, 2.05) is 11.0 Å². The van der Waals surface area contributed by atoms with Crippen molar-refractivity contribution in [2.75, 3.05) is 29.4 Å². The number of piperidine rings is 1. The first-order valence-corrected chi connectivity index (χ1v) is 11.5. The molecule has 2 aliphatic heterocycles. The lowest BCUT2D eigenvalue weighted by Gasteiger charge is -2.32. The molecule has 3 aromatic rings. The number of benzene rings is 2. The van der Waals surface area contributed by atoms with E-state index in [-0.39, 0.29) is 11.8 Å². The van der Waals surface area contributed by atoms with Crippen LogP contribution >= 0.6 is 0 Å². The number of amides is 1. The number of hydrogen-bond donors (Lipinski definition) is 0. The molecule has 0 bridgehead atoms. The standard InChI is InChI=1S/C26H30N4O2/c1-17-10-12-29(13-11-17)22-8-5-20(6-9-22)25-27-26(32-28-25)21-15-24(31)30(16-21)23-7-4-18(2)19(3)14-23/h4-9,14,17,21H,10-13,15-16H2,1-3H3/t21-/m1/s1. The number of aromatic nitrogens is 2. The molecule has 1 amide bonds. The molecule has 3 heterocycles. The maximum Gasteiger partial charge on any atom is 0.232 e. The average molecular weight is 431 g/mol. The molecule has 166 valence electrons. The normalized spacial score (nSPS) is 19.7. The van der Waals surface area contributed by atoms with E-state index in [4.69, 9.17) is 4.52 Å². The van der Waals surface area contributed by atoms with Crippen molar-refractivity contribution in [1.82, 2.24) is 10.1 Å². The van der Waals surface area contributed by atoms with Crippen molar-refractivity contribution in [1.29, 1.82) is 0 Å². The molecule has 0 aliphatic carbocycles. The molecule has 0 radical (unpaired) electrons. The lowest BCUT2D eigenvalue weighted by Crippen LogP contribution is -2.32. The first kappa shape index (κ1) is 20.7. The summed E-state index contributed by atoms with van der Waals surface area (Å²) in [5.41, 5.74) is 5.52. The van der Waals surface area contributed by atoms with Gasteiger partial charge in [-0.15, -0.1) is 0 Å². The average Bonchev–Trinajstić information content (AvgIpc) is 3.43. The van der Waals surface area contributed by atoms with Crippen molar-refractivity contribution in [3.05, 3.63) is 59.5 Å². The number of anilines is 2. The third-order valence-corrected chi connectivity index (χ3v) is 6.99. The summed E-state index contributed by atoms with van der Waals surface area (Å²) in [6.45, 7) is 9.26. The summed E-state index contributed by atoms with van der Waals surface area (Å²) < 4.78 is 5.59. The SMILES string of the molecule is Cc1ccc(N2C[C@H](c3nc(-c4ccc(N5CCC(C)CC5)cc4)no3)CC2=O)cc1C. The van der Waals surface area contributed by atoms with Crippen molar-refractivity contribution < 1.29 is 9.32 Å². The van der Waals surface area contributed by atoms with Gasteiger partial charge >= 0.3 is 0 Å². The second-order valence-corrected chi connectivity index (χ2v) is 9.35. The van der Waals surface area contributed by atoms with E-state index in [0.29, 0.717) is 24.7 Å². The van der Waals surface area contributed by atoms with Crippen LogP contribution in [0.1, 0.15) is 49.1 Å². The lowest BCUT2D eigenvalue weighted by molar-refractivity contribution is -0.117. The molecule has 1 atom stereocenters. The summed E-state index contributed by atoms with van der Waals surface area (Å²) in [4.78, 5) is 21.6. The monoisotopic (exact) mass is 430 g/mol. The van der Waals surface area contributed by atoms with E-state index in [1.165, 1.54) is 29.7 Å². The van der Waals surface area contributed by atoms with Crippen LogP contribution < -0.4 is 9.80 Å². The molecule has 32 heavy (non-hydrogen) atoms. The fourth-order valence-electron chi connectivity index (χ4n) is 4.62. The van der Waals surface area contributed by atoms with E-state index < -0.39 is 0 Å². The van der Waals surface area contributed by atoms with Crippen LogP contribution in [0, 0.1) is 19.8 Å². The van der Waals surface area contributed by atoms with E-state index >= 15 is 0 Å². The van der Waals surface area contributed by atoms with Crippen LogP contribution in [0.2, 0.25) is 0 Å². The maximum atomic E-state index is 12.7. The molecule has 0 N–H and O–H groups in total. The van der Waals surface area contributed by atoms with E-state index in [9.17, 15) is 4.79 Å². The smallest absolute Gasteiger partial charge is 0.232 e.